The van der Waals surface area contributed by atoms with Crippen LogP contribution in [0, 0.1) is 23.2 Å². The Labute approximate surface area is 168 Å². The molecule has 5 aliphatic rings. The van der Waals surface area contributed by atoms with Gasteiger partial charge in [0.25, 0.3) is 0 Å². The second-order valence-electron chi connectivity index (χ2n) is 9.49. The number of carbonyl (C=O) groups excluding carboxylic acids is 3. The molecule has 0 radical (unpaired) electrons. The molecule has 0 aromatic carbocycles. The Bertz CT molecular complexity index is 819. The van der Waals surface area contributed by atoms with Gasteiger partial charge < -0.3 is 24.1 Å². The van der Waals surface area contributed by atoms with Crippen LogP contribution in [0.5, 0.6) is 0 Å². The molecule has 3 heterocycles. The quantitative estimate of drug-likeness (QED) is 0.539. The smallest absolute Gasteiger partial charge is 0.339 e. The molecule has 2 saturated heterocycles. The van der Waals surface area contributed by atoms with Crippen molar-refractivity contribution in [2.24, 2.45) is 23.2 Å². The van der Waals surface area contributed by atoms with Crippen LogP contribution >= 0.6 is 0 Å². The molecule has 5 rings (SSSR count). The molecule has 0 aromatic heterocycles. The molecule has 8 nitrogen and oxygen atoms in total. The first-order valence-electron chi connectivity index (χ1n) is 10.3. The zero-order valence-electron chi connectivity index (χ0n) is 16.8. The van der Waals surface area contributed by atoms with E-state index in [0.717, 1.165) is 0 Å². The molecular weight excluding hydrogens is 380 g/mol. The van der Waals surface area contributed by atoms with Gasteiger partial charge in [0.15, 0.2) is 0 Å². The Balaban J connectivity index is 1.55. The summed E-state index contributed by atoms with van der Waals surface area (Å²) in [5, 5.41) is 9.67. The van der Waals surface area contributed by atoms with Gasteiger partial charge in [0.2, 0.25) is 6.29 Å². The van der Waals surface area contributed by atoms with Gasteiger partial charge in [0.05, 0.1) is 23.2 Å². The highest BCUT2D eigenvalue weighted by Crippen LogP contribution is 2.66. The number of rotatable bonds is 2. The highest BCUT2D eigenvalue weighted by Gasteiger charge is 2.71. The highest BCUT2D eigenvalue weighted by atomic mass is 16.6. The predicted octanol–water partition coefficient (Wildman–Crippen LogP) is 1.25. The average Bonchev–Trinajstić information content (AvgIpc) is 3.20. The van der Waals surface area contributed by atoms with Gasteiger partial charge in [-0.2, -0.15) is 0 Å². The van der Waals surface area contributed by atoms with E-state index in [2.05, 4.69) is 6.92 Å². The van der Waals surface area contributed by atoms with Crippen LogP contribution in [-0.4, -0.2) is 53.2 Å². The topological polar surface area (TPSA) is 108 Å². The number of hydrogen-bond acceptors (Lipinski definition) is 8. The summed E-state index contributed by atoms with van der Waals surface area (Å²) in [7, 11) is 0. The van der Waals surface area contributed by atoms with Crippen molar-refractivity contribution >= 4 is 17.9 Å². The van der Waals surface area contributed by atoms with E-state index in [9.17, 15) is 19.5 Å². The fraction of sp³-hybridized carbons (Fsp3) is 0.762. The molecular formula is C21H26O8. The second kappa shape index (κ2) is 6.04. The van der Waals surface area contributed by atoms with E-state index < -0.39 is 29.4 Å². The number of carbonyl (C=O) groups is 3. The van der Waals surface area contributed by atoms with Gasteiger partial charge >= 0.3 is 17.9 Å². The number of esters is 3. The molecule has 0 amide bonds. The molecule has 2 aliphatic carbocycles. The fourth-order valence-electron chi connectivity index (χ4n) is 6.74. The van der Waals surface area contributed by atoms with Crippen molar-refractivity contribution in [2.45, 2.75) is 76.7 Å². The fourth-order valence-corrected chi connectivity index (χ4v) is 6.74. The lowest BCUT2D eigenvalue weighted by Crippen LogP contribution is -2.62. The predicted molar refractivity (Wildman–Crippen MR) is 95.9 cm³/mol. The Morgan fingerprint density at radius 1 is 1.21 bits per heavy atom. The summed E-state index contributed by atoms with van der Waals surface area (Å²) in [5.41, 5.74) is -0.795. The van der Waals surface area contributed by atoms with Gasteiger partial charge in [-0.3, -0.25) is 9.59 Å². The summed E-state index contributed by atoms with van der Waals surface area (Å²) in [6.07, 6.45) is 1.30. The minimum absolute atomic E-state index is 0.0314. The number of fused-ring (bicyclic) bond motifs is 2. The van der Waals surface area contributed by atoms with E-state index in [1.54, 1.807) is 0 Å². The van der Waals surface area contributed by atoms with E-state index in [1.807, 2.05) is 6.92 Å². The maximum absolute atomic E-state index is 12.5. The second-order valence-corrected chi connectivity index (χ2v) is 9.49. The van der Waals surface area contributed by atoms with Gasteiger partial charge in [-0.25, -0.2) is 4.79 Å². The molecule has 29 heavy (non-hydrogen) atoms. The van der Waals surface area contributed by atoms with Gasteiger partial charge in [0.1, 0.15) is 12.2 Å². The normalized spacial score (nSPS) is 50.3. The van der Waals surface area contributed by atoms with Gasteiger partial charge in [-0.1, -0.05) is 6.92 Å². The lowest BCUT2D eigenvalue weighted by atomic mass is 9.49. The van der Waals surface area contributed by atoms with Crippen LogP contribution < -0.4 is 0 Å². The van der Waals surface area contributed by atoms with Gasteiger partial charge in [0, 0.05) is 30.6 Å². The molecule has 1 unspecified atom stereocenters. The van der Waals surface area contributed by atoms with Crippen molar-refractivity contribution in [1.82, 2.24) is 0 Å². The van der Waals surface area contributed by atoms with Crippen molar-refractivity contribution in [3.63, 3.8) is 0 Å². The molecule has 4 fully saturated rings. The van der Waals surface area contributed by atoms with Crippen molar-refractivity contribution in [3.05, 3.63) is 11.6 Å². The summed E-state index contributed by atoms with van der Waals surface area (Å²) >= 11 is 0. The Morgan fingerprint density at radius 2 is 1.97 bits per heavy atom. The summed E-state index contributed by atoms with van der Waals surface area (Å²) in [6, 6.07) is 0. The van der Waals surface area contributed by atoms with E-state index in [1.165, 1.54) is 13.0 Å². The Hall–Kier alpha value is -1.93. The van der Waals surface area contributed by atoms with Crippen LogP contribution in [0.25, 0.3) is 0 Å². The molecule has 0 bridgehead atoms. The third kappa shape index (κ3) is 2.54. The zero-order chi connectivity index (χ0) is 20.7. The van der Waals surface area contributed by atoms with Crippen LogP contribution in [0.4, 0.5) is 0 Å². The van der Waals surface area contributed by atoms with E-state index in [-0.39, 0.29) is 41.9 Å². The van der Waals surface area contributed by atoms with Gasteiger partial charge in [-0.05, 0) is 32.3 Å². The molecule has 0 aromatic rings. The third-order valence-corrected chi connectivity index (χ3v) is 8.04. The molecule has 158 valence electrons. The summed E-state index contributed by atoms with van der Waals surface area (Å²) < 4.78 is 22.8. The van der Waals surface area contributed by atoms with E-state index in [4.69, 9.17) is 18.9 Å². The third-order valence-electron chi connectivity index (χ3n) is 8.04. The van der Waals surface area contributed by atoms with Crippen molar-refractivity contribution in [1.29, 1.82) is 0 Å². The lowest BCUT2D eigenvalue weighted by Gasteiger charge is -2.57. The van der Waals surface area contributed by atoms with Crippen LogP contribution in [0.1, 0.15) is 46.5 Å². The van der Waals surface area contributed by atoms with Crippen molar-refractivity contribution < 1.29 is 38.4 Å². The number of aliphatic hydroxyl groups excluding tert-OH is 1. The van der Waals surface area contributed by atoms with Crippen LogP contribution in [0.3, 0.4) is 0 Å². The lowest BCUT2D eigenvalue weighted by molar-refractivity contribution is -0.200. The van der Waals surface area contributed by atoms with Gasteiger partial charge in [-0.15, -0.1) is 0 Å². The summed E-state index contributed by atoms with van der Waals surface area (Å²) in [5.74, 6) is -1.41. The van der Waals surface area contributed by atoms with Crippen LogP contribution in [-0.2, 0) is 33.3 Å². The Kier molecular flexibility index (Phi) is 3.97. The standard InChI is InChI=1S/C21H26O8/c1-9(22)26-12-5-4-10-16-14(27-18(10)24)8-21(3)20(2,17(12)16)7-13(29-21)11-6-15(23)28-19(11)25/h6,10,12-17,23H,4-5,7-8H2,1-3H3/t10-,12+,13+,14+,15?,16+,17+,20-,21+/m1/s1. The summed E-state index contributed by atoms with van der Waals surface area (Å²) in [4.78, 5) is 36.5. The van der Waals surface area contributed by atoms with Crippen LogP contribution in [0.2, 0.25) is 0 Å². The number of hydrogen-bond donors (Lipinski definition) is 1. The number of aliphatic hydroxyl groups is 1. The number of cyclic esters (lactones) is 1. The number of ether oxygens (including phenoxy) is 4. The maximum atomic E-state index is 12.5. The minimum atomic E-state index is -1.25. The molecule has 2 saturated carbocycles. The van der Waals surface area contributed by atoms with Crippen LogP contribution in [0.15, 0.2) is 11.6 Å². The zero-order valence-corrected chi connectivity index (χ0v) is 16.8. The first-order chi connectivity index (χ1) is 13.6. The van der Waals surface area contributed by atoms with Crippen molar-refractivity contribution in [3.8, 4) is 0 Å². The molecule has 9 atom stereocenters. The van der Waals surface area contributed by atoms with E-state index in [0.29, 0.717) is 31.3 Å². The Morgan fingerprint density at radius 3 is 2.62 bits per heavy atom. The summed E-state index contributed by atoms with van der Waals surface area (Å²) in [6.45, 7) is 5.49. The molecule has 8 heteroatoms. The molecule has 1 N–H and O–H groups in total. The largest absolute Gasteiger partial charge is 0.462 e. The van der Waals surface area contributed by atoms with E-state index >= 15 is 0 Å². The highest BCUT2D eigenvalue weighted by molar-refractivity contribution is 5.92. The molecule has 3 aliphatic heterocycles. The first kappa shape index (κ1) is 19.1. The first-order valence-corrected chi connectivity index (χ1v) is 10.3. The minimum Gasteiger partial charge on any atom is -0.462 e. The maximum Gasteiger partial charge on any atom is 0.339 e. The van der Waals surface area contributed by atoms with Crippen molar-refractivity contribution in [2.75, 3.05) is 0 Å². The average molecular weight is 406 g/mol. The SMILES string of the molecule is CC(=O)O[C@H]1CC[C@H]2C(=O)O[C@H]3C[C@]4(C)O[C@H](C5=CC(O)OC5=O)C[C@]4(C)[C@@H]1[C@H]32. The molecule has 0 spiro atoms. The monoisotopic (exact) mass is 406 g/mol.